The number of benzene rings is 1. The first-order valence-corrected chi connectivity index (χ1v) is 13.5. The van der Waals surface area contributed by atoms with Crippen molar-refractivity contribution in [3.63, 3.8) is 0 Å². The Morgan fingerprint density at radius 3 is 2.50 bits per heavy atom. The molecule has 0 aromatic heterocycles. The van der Waals surface area contributed by atoms with Gasteiger partial charge in [-0.1, -0.05) is 51.3 Å². The lowest BCUT2D eigenvalue weighted by atomic mass is 9.70. The van der Waals surface area contributed by atoms with Gasteiger partial charge >= 0.3 is 0 Å². The van der Waals surface area contributed by atoms with Crippen molar-refractivity contribution in [1.82, 2.24) is 15.5 Å². The van der Waals surface area contributed by atoms with Gasteiger partial charge in [-0.05, 0) is 70.5 Å². The Labute approximate surface area is 218 Å². The number of carbonyl (C=O) groups is 1. The highest BCUT2D eigenvalue weighted by Gasteiger charge is 2.50. The Morgan fingerprint density at radius 2 is 1.89 bits per heavy atom. The van der Waals surface area contributed by atoms with Crippen LogP contribution in [0.4, 0.5) is 5.69 Å². The summed E-state index contributed by atoms with van der Waals surface area (Å²) in [6, 6.07) is 6.47. The third-order valence-corrected chi connectivity index (χ3v) is 8.77. The zero-order chi connectivity index (χ0) is 26.3. The molecule has 0 spiro atoms. The smallest absolute Gasteiger partial charge is 0.259 e. The summed E-state index contributed by atoms with van der Waals surface area (Å²) in [6.07, 6.45) is 7.97. The van der Waals surface area contributed by atoms with Crippen molar-refractivity contribution in [1.29, 1.82) is 0 Å². The Hall–Kier alpha value is -2.63. The van der Waals surface area contributed by atoms with Crippen LogP contribution in [0.2, 0.25) is 0 Å². The minimum atomic E-state index is -0.130. The monoisotopic (exact) mass is 488 g/mol. The number of likely N-dealkylation sites (tertiary alicyclic amines) is 1. The van der Waals surface area contributed by atoms with Crippen molar-refractivity contribution in [2.75, 3.05) is 24.5 Å². The van der Waals surface area contributed by atoms with Crippen molar-refractivity contribution in [2.24, 2.45) is 5.92 Å². The number of allylic oxidation sites excluding steroid dienone is 2. The van der Waals surface area contributed by atoms with Gasteiger partial charge in [-0.2, -0.15) is 0 Å². The van der Waals surface area contributed by atoms with Gasteiger partial charge in [0, 0.05) is 46.7 Å². The van der Waals surface area contributed by atoms with Gasteiger partial charge in [-0.15, -0.1) is 6.58 Å². The van der Waals surface area contributed by atoms with Crippen LogP contribution in [0.5, 0.6) is 0 Å². The summed E-state index contributed by atoms with van der Waals surface area (Å²) >= 11 is 0. The molecular weight excluding hydrogens is 444 g/mol. The highest BCUT2D eigenvalue weighted by molar-refractivity contribution is 6.33. The molecule has 3 atom stereocenters. The maximum Gasteiger partial charge on any atom is 0.259 e. The summed E-state index contributed by atoms with van der Waals surface area (Å²) in [6.45, 7) is 25.9. The Kier molecular flexibility index (Phi) is 7.36. The molecule has 5 heteroatoms. The van der Waals surface area contributed by atoms with E-state index in [0.29, 0.717) is 0 Å². The number of nitrogens with zero attached hydrogens (tertiary/aromatic N) is 2. The second-order valence-electron chi connectivity index (χ2n) is 11.2. The Balaban J connectivity index is 0.000000967. The number of anilines is 1. The molecular formula is C31H44N4O. The van der Waals surface area contributed by atoms with Crippen LogP contribution in [0.3, 0.4) is 0 Å². The lowest BCUT2D eigenvalue weighted by molar-refractivity contribution is -0.113. The maximum atomic E-state index is 13.7. The summed E-state index contributed by atoms with van der Waals surface area (Å²) in [4.78, 5) is 18.4. The standard InChI is InChI=1S/C28H38N4O.C3H6/c1-7-29-27(5)13-15-31(16-14-27)28(6)18(2)17-21-25-22(28)9-8-10-24(25)32(26(21)33)23-12-11-19(3)30-20(23)4;1-3-2/h8-10,17-18,23,29-30H,3-4,7,11-16H2,1-2,5-6H3;3H,1H2,2H3. The van der Waals surface area contributed by atoms with Crippen molar-refractivity contribution in [3.8, 4) is 0 Å². The predicted molar refractivity (Wildman–Crippen MR) is 152 cm³/mol. The normalized spacial score (nSPS) is 29.1. The van der Waals surface area contributed by atoms with Crippen molar-refractivity contribution < 1.29 is 4.79 Å². The summed E-state index contributed by atoms with van der Waals surface area (Å²) in [7, 11) is 0. The zero-order valence-corrected chi connectivity index (χ0v) is 22.9. The molecule has 5 rings (SSSR count). The third-order valence-electron chi connectivity index (χ3n) is 8.77. The van der Waals surface area contributed by atoms with Gasteiger partial charge in [0.25, 0.3) is 5.91 Å². The molecule has 5 nitrogen and oxygen atoms in total. The molecule has 3 unspecified atom stereocenters. The van der Waals surface area contributed by atoms with E-state index in [1.54, 1.807) is 6.08 Å². The van der Waals surface area contributed by atoms with Gasteiger partial charge in [0.15, 0.2) is 0 Å². The van der Waals surface area contributed by atoms with E-state index in [9.17, 15) is 4.79 Å². The van der Waals surface area contributed by atoms with Crippen LogP contribution < -0.4 is 15.5 Å². The van der Waals surface area contributed by atoms with Crippen molar-refractivity contribution in [3.05, 3.63) is 72.6 Å². The topological polar surface area (TPSA) is 47.6 Å². The van der Waals surface area contributed by atoms with Gasteiger partial charge in [0.05, 0.1) is 11.7 Å². The minimum Gasteiger partial charge on any atom is -0.362 e. The predicted octanol–water partition coefficient (Wildman–Crippen LogP) is 5.72. The first kappa shape index (κ1) is 26.4. The number of amides is 1. The van der Waals surface area contributed by atoms with Crippen LogP contribution in [0, 0.1) is 5.92 Å². The van der Waals surface area contributed by atoms with Crippen LogP contribution in [-0.2, 0) is 10.3 Å². The molecule has 0 bridgehead atoms. The molecule has 194 valence electrons. The lowest BCUT2D eigenvalue weighted by Gasteiger charge is -2.52. The maximum absolute atomic E-state index is 13.7. The number of carbonyl (C=O) groups excluding carboxylic acids is 1. The number of hydrogen-bond donors (Lipinski definition) is 2. The molecule has 0 saturated carbocycles. The Morgan fingerprint density at radius 1 is 1.22 bits per heavy atom. The SMILES string of the molecule is C=C1CCC(N2C(=O)C3=CC(C)C(C)(N4CCC(C)(NCC)CC4)c4cccc2c43)C(=C)N1.C=CC. The van der Waals surface area contributed by atoms with E-state index >= 15 is 0 Å². The van der Waals surface area contributed by atoms with Gasteiger partial charge in [0.2, 0.25) is 0 Å². The van der Waals surface area contributed by atoms with Crippen LogP contribution in [0.25, 0.3) is 5.57 Å². The molecule has 3 heterocycles. The molecule has 36 heavy (non-hydrogen) atoms. The highest BCUT2D eigenvalue weighted by Crippen LogP contribution is 2.53. The molecule has 3 aliphatic heterocycles. The van der Waals surface area contributed by atoms with E-state index in [1.165, 1.54) is 5.56 Å². The van der Waals surface area contributed by atoms with Crippen LogP contribution in [-0.4, -0.2) is 42.0 Å². The third kappa shape index (κ3) is 4.26. The molecule has 4 aliphatic rings. The fourth-order valence-corrected chi connectivity index (χ4v) is 6.58. The number of rotatable bonds is 4. The lowest BCUT2D eigenvalue weighted by Crippen LogP contribution is -2.58. The van der Waals surface area contributed by atoms with Crippen LogP contribution >= 0.6 is 0 Å². The average molecular weight is 489 g/mol. The molecule has 2 fully saturated rings. The molecule has 0 radical (unpaired) electrons. The first-order valence-electron chi connectivity index (χ1n) is 13.5. The molecule has 1 amide bonds. The second kappa shape index (κ2) is 10.0. The molecule has 1 aromatic rings. The second-order valence-corrected chi connectivity index (χ2v) is 11.2. The average Bonchev–Trinajstić information content (AvgIpc) is 3.10. The van der Waals surface area contributed by atoms with E-state index < -0.39 is 0 Å². The van der Waals surface area contributed by atoms with E-state index in [4.69, 9.17) is 0 Å². The number of piperidine rings is 2. The minimum absolute atomic E-state index is 0.0432. The highest BCUT2D eigenvalue weighted by atomic mass is 16.2. The van der Waals surface area contributed by atoms with Gasteiger partial charge < -0.3 is 10.6 Å². The molecule has 1 aliphatic carbocycles. The van der Waals surface area contributed by atoms with Crippen molar-refractivity contribution >= 4 is 17.2 Å². The number of hydrogen-bond acceptors (Lipinski definition) is 4. The molecule has 1 aromatic carbocycles. The quantitative estimate of drug-likeness (QED) is 0.533. The van der Waals surface area contributed by atoms with E-state index in [2.05, 4.69) is 87.2 Å². The number of nitrogens with one attached hydrogen (secondary N) is 2. The summed E-state index contributed by atoms with van der Waals surface area (Å²) in [5, 5.41) is 7.00. The van der Waals surface area contributed by atoms with Crippen LogP contribution in [0.1, 0.15) is 71.4 Å². The van der Waals surface area contributed by atoms with E-state index in [0.717, 1.165) is 73.5 Å². The van der Waals surface area contributed by atoms with E-state index in [-0.39, 0.29) is 28.9 Å². The summed E-state index contributed by atoms with van der Waals surface area (Å²) < 4.78 is 0. The summed E-state index contributed by atoms with van der Waals surface area (Å²) in [5.41, 5.74) is 6.28. The fourth-order valence-electron chi connectivity index (χ4n) is 6.58. The summed E-state index contributed by atoms with van der Waals surface area (Å²) in [5.74, 6) is 0.361. The van der Waals surface area contributed by atoms with Crippen molar-refractivity contribution in [2.45, 2.75) is 77.4 Å². The first-order chi connectivity index (χ1) is 17.1. The Bertz CT molecular complexity index is 1090. The van der Waals surface area contributed by atoms with Gasteiger partial charge in [-0.3, -0.25) is 14.6 Å². The van der Waals surface area contributed by atoms with E-state index in [1.807, 2.05) is 11.8 Å². The van der Waals surface area contributed by atoms with Gasteiger partial charge in [0.1, 0.15) is 0 Å². The largest absolute Gasteiger partial charge is 0.362 e. The zero-order valence-electron chi connectivity index (χ0n) is 22.9. The van der Waals surface area contributed by atoms with Gasteiger partial charge in [-0.25, -0.2) is 0 Å². The van der Waals surface area contributed by atoms with Crippen LogP contribution in [0.15, 0.2) is 61.5 Å². The fraction of sp³-hybridized carbons (Fsp3) is 0.516. The molecule has 2 saturated heterocycles. The molecule has 2 N–H and O–H groups in total.